The molecule has 5 nitrogen and oxygen atoms in total. The van der Waals surface area contributed by atoms with Crippen molar-refractivity contribution in [2.75, 3.05) is 18.2 Å². The Labute approximate surface area is 122 Å². The van der Waals surface area contributed by atoms with Gasteiger partial charge in [0.05, 0.1) is 30.0 Å². The smallest absolute Gasteiger partial charge is 0.306 e. The van der Waals surface area contributed by atoms with E-state index in [1.807, 2.05) is 6.07 Å². The Morgan fingerprint density at radius 1 is 1.45 bits per heavy atom. The topological polar surface area (TPSA) is 79.2 Å². The number of benzene rings is 1. The largest absolute Gasteiger partial charge is 0.469 e. The van der Waals surface area contributed by atoms with E-state index in [2.05, 4.69) is 10.1 Å². The van der Waals surface area contributed by atoms with Crippen LogP contribution < -0.4 is 5.32 Å². The van der Waals surface area contributed by atoms with Crippen molar-refractivity contribution in [3.8, 4) is 6.07 Å². The number of carbonyl (C=O) groups is 2. The van der Waals surface area contributed by atoms with Gasteiger partial charge in [0.25, 0.3) is 0 Å². The lowest BCUT2D eigenvalue weighted by molar-refractivity contribution is -0.140. The van der Waals surface area contributed by atoms with E-state index in [1.54, 1.807) is 31.2 Å². The number of ether oxygens (including phenoxy) is 1. The van der Waals surface area contributed by atoms with Gasteiger partial charge in [-0.3, -0.25) is 9.59 Å². The Morgan fingerprint density at radius 3 is 2.80 bits per heavy atom. The molecule has 0 aliphatic carbocycles. The molecule has 1 amide bonds. The number of hydrogen-bond acceptors (Lipinski definition) is 5. The molecule has 0 heterocycles. The highest BCUT2D eigenvalue weighted by atomic mass is 32.2. The van der Waals surface area contributed by atoms with Crippen LogP contribution in [0, 0.1) is 11.3 Å². The zero-order valence-corrected chi connectivity index (χ0v) is 12.2. The summed E-state index contributed by atoms with van der Waals surface area (Å²) in [5, 5.41) is 11.3. The molecule has 0 aromatic heterocycles. The normalized spacial score (nSPS) is 11.2. The van der Waals surface area contributed by atoms with Crippen LogP contribution in [0.15, 0.2) is 24.3 Å². The number of para-hydroxylation sites is 1. The minimum Gasteiger partial charge on any atom is -0.469 e. The molecule has 1 aromatic carbocycles. The van der Waals surface area contributed by atoms with Crippen LogP contribution in [0.25, 0.3) is 0 Å². The average molecular weight is 292 g/mol. The van der Waals surface area contributed by atoms with Crippen LogP contribution >= 0.6 is 11.8 Å². The Morgan fingerprint density at radius 2 is 2.15 bits per heavy atom. The third kappa shape index (κ3) is 4.94. The van der Waals surface area contributed by atoms with Crippen molar-refractivity contribution in [1.82, 2.24) is 0 Å². The number of carbonyl (C=O) groups excluding carboxylic acids is 2. The molecule has 0 aliphatic rings. The maximum absolute atomic E-state index is 12.0. The molecule has 0 fully saturated rings. The predicted molar refractivity (Wildman–Crippen MR) is 78.3 cm³/mol. The summed E-state index contributed by atoms with van der Waals surface area (Å²) >= 11 is 1.37. The summed E-state index contributed by atoms with van der Waals surface area (Å²) in [6, 6.07) is 8.84. The van der Waals surface area contributed by atoms with Crippen molar-refractivity contribution in [3.63, 3.8) is 0 Å². The number of hydrogen-bond donors (Lipinski definition) is 1. The lowest BCUT2D eigenvalue weighted by Crippen LogP contribution is -2.23. The summed E-state index contributed by atoms with van der Waals surface area (Å²) in [5.74, 6) is 0.0312. The Balaban J connectivity index is 2.50. The van der Waals surface area contributed by atoms with Crippen LogP contribution in [0.5, 0.6) is 0 Å². The summed E-state index contributed by atoms with van der Waals surface area (Å²) < 4.78 is 4.53. The Hall–Kier alpha value is -2.00. The maximum atomic E-state index is 12.0. The van der Waals surface area contributed by atoms with Gasteiger partial charge in [0.2, 0.25) is 5.91 Å². The van der Waals surface area contributed by atoms with Gasteiger partial charge in [0.1, 0.15) is 6.07 Å². The number of thioether (sulfide) groups is 1. The first-order valence-electron chi connectivity index (χ1n) is 6.07. The van der Waals surface area contributed by atoms with Crippen molar-refractivity contribution in [1.29, 1.82) is 5.26 Å². The number of rotatable bonds is 6. The van der Waals surface area contributed by atoms with Crippen LogP contribution in [-0.4, -0.2) is 30.0 Å². The molecule has 0 aliphatic heterocycles. The van der Waals surface area contributed by atoms with Crippen LogP contribution in [0.3, 0.4) is 0 Å². The summed E-state index contributed by atoms with van der Waals surface area (Å²) in [6.07, 6.45) is 0.271. The highest BCUT2D eigenvalue weighted by Gasteiger charge is 2.15. The van der Waals surface area contributed by atoms with Crippen LogP contribution in [0.2, 0.25) is 0 Å². The standard InChI is InChI=1S/C14H16N2O3S/c1-10(20-8-7-13(17)19-2)14(18)16-12-6-4-3-5-11(12)9-15/h3-6,10H,7-8H2,1-2H3,(H,16,18). The first-order chi connectivity index (χ1) is 9.58. The van der Waals surface area contributed by atoms with E-state index in [0.717, 1.165) is 0 Å². The number of amides is 1. The van der Waals surface area contributed by atoms with E-state index in [4.69, 9.17) is 5.26 Å². The van der Waals surface area contributed by atoms with Crippen LogP contribution in [0.4, 0.5) is 5.69 Å². The molecule has 1 aromatic rings. The SMILES string of the molecule is COC(=O)CCSC(C)C(=O)Nc1ccccc1C#N. The molecular weight excluding hydrogens is 276 g/mol. The van der Waals surface area contributed by atoms with E-state index in [9.17, 15) is 9.59 Å². The van der Waals surface area contributed by atoms with Crippen molar-refractivity contribution in [3.05, 3.63) is 29.8 Å². The van der Waals surface area contributed by atoms with Crippen molar-refractivity contribution in [2.45, 2.75) is 18.6 Å². The van der Waals surface area contributed by atoms with Gasteiger partial charge < -0.3 is 10.1 Å². The van der Waals surface area contributed by atoms with E-state index in [1.165, 1.54) is 18.9 Å². The van der Waals surface area contributed by atoms with Crippen molar-refractivity contribution >= 4 is 29.3 Å². The van der Waals surface area contributed by atoms with E-state index in [0.29, 0.717) is 17.0 Å². The number of nitrogens with zero attached hydrogens (tertiary/aromatic N) is 1. The van der Waals surface area contributed by atoms with Crippen molar-refractivity contribution in [2.24, 2.45) is 0 Å². The molecule has 1 rings (SSSR count). The molecule has 1 N–H and O–H groups in total. The number of nitriles is 1. The number of anilines is 1. The number of methoxy groups -OCH3 is 1. The fourth-order valence-corrected chi connectivity index (χ4v) is 2.27. The molecule has 20 heavy (non-hydrogen) atoms. The number of esters is 1. The quantitative estimate of drug-likeness (QED) is 0.813. The molecular formula is C14H16N2O3S. The zero-order chi connectivity index (χ0) is 15.0. The van der Waals surface area contributed by atoms with E-state index < -0.39 is 0 Å². The lowest BCUT2D eigenvalue weighted by Gasteiger charge is -2.12. The maximum Gasteiger partial charge on any atom is 0.306 e. The first kappa shape index (κ1) is 16.1. The molecule has 106 valence electrons. The van der Waals surface area contributed by atoms with Gasteiger partial charge in [-0.25, -0.2) is 0 Å². The van der Waals surface area contributed by atoms with Gasteiger partial charge in [0.15, 0.2) is 0 Å². The van der Waals surface area contributed by atoms with Gasteiger partial charge >= 0.3 is 5.97 Å². The van der Waals surface area contributed by atoms with Crippen LogP contribution in [-0.2, 0) is 14.3 Å². The summed E-state index contributed by atoms with van der Waals surface area (Å²) in [7, 11) is 1.34. The summed E-state index contributed by atoms with van der Waals surface area (Å²) in [5.41, 5.74) is 0.924. The third-order valence-corrected chi connectivity index (χ3v) is 3.73. The molecule has 0 saturated heterocycles. The second-order valence-corrected chi connectivity index (χ2v) is 5.43. The first-order valence-corrected chi connectivity index (χ1v) is 7.11. The second kappa shape index (κ2) is 8.23. The molecule has 0 spiro atoms. The minimum absolute atomic E-state index is 0.192. The second-order valence-electron chi connectivity index (χ2n) is 3.99. The molecule has 0 radical (unpaired) electrons. The van der Waals surface area contributed by atoms with Gasteiger partial charge in [-0.05, 0) is 19.1 Å². The summed E-state index contributed by atoms with van der Waals surface area (Å²) in [4.78, 5) is 22.9. The fourth-order valence-electron chi connectivity index (χ4n) is 1.42. The van der Waals surface area contributed by atoms with Gasteiger partial charge in [0, 0.05) is 5.75 Å². The lowest BCUT2D eigenvalue weighted by atomic mass is 10.2. The van der Waals surface area contributed by atoms with E-state index >= 15 is 0 Å². The monoisotopic (exact) mass is 292 g/mol. The zero-order valence-electron chi connectivity index (χ0n) is 11.4. The number of nitrogens with one attached hydrogen (secondary N) is 1. The molecule has 1 atom stereocenters. The van der Waals surface area contributed by atoms with Crippen molar-refractivity contribution < 1.29 is 14.3 Å². The molecule has 1 unspecified atom stereocenters. The Kier molecular flexibility index (Phi) is 6.60. The highest BCUT2D eigenvalue weighted by molar-refractivity contribution is 8.00. The highest BCUT2D eigenvalue weighted by Crippen LogP contribution is 2.17. The van der Waals surface area contributed by atoms with E-state index in [-0.39, 0.29) is 23.5 Å². The molecule has 0 saturated carbocycles. The molecule has 0 bridgehead atoms. The third-order valence-electron chi connectivity index (χ3n) is 2.58. The van der Waals surface area contributed by atoms with Gasteiger partial charge in [-0.2, -0.15) is 5.26 Å². The Bertz CT molecular complexity index is 525. The van der Waals surface area contributed by atoms with Gasteiger partial charge in [-0.15, -0.1) is 11.8 Å². The fraction of sp³-hybridized carbons (Fsp3) is 0.357. The molecule has 6 heteroatoms. The van der Waals surface area contributed by atoms with Gasteiger partial charge in [-0.1, -0.05) is 12.1 Å². The minimum atomic E-state index is -0.314. The van der Waals surface area contributed by atoms with Crippen LogP contribution in [0.1, 0.15) is 18.9 Å². The predicted octanol–water partition coefficient (Wildman–Crippen LogP) is 2.18. The average Bonchev–Trinajstić information content (AvgIpc) is 2.47. The summed E-state index contributed by atoms with van der Waals surface area (Å²) in [6.45, 7) is 1.76.